The van der Waals surface area contributed by atoms with Gasteiger partial charge in [0, 0.05) is 0 Å². The minimum Gasteiger partial charge on any atom is -0.206 e. The molecule has 1 unspecified atom stereocenters. The van der Waals surface area contributed by atoms with Gasteiger partial charge in [-0.15, -0.1) is 0 Å². The lowest BCUT2D eigenvalue weighted by molar-refractivity contribution is 0.620. The van der Waals surface area contributed by atoms with Gasteiger partial charge in [-0.2, -0.15) is 0 Å². The first-order valence-corrected chi connectivity index (χ1v) is 6.53. The van der Waals surface area contributed by atoms with Gasteiger partial charge in [-0.3, -0.25) is 0 Å². The van der Waals surface area contributed by atoms with Crippen LogP contribution in [0.15, 0.2) is 53.0 Å². The molecule has 2 rings (SSSR count). The molecule has 0 bridgehead atoms. The zero-order valence-electron chi connectivity index (χ0n) is 8.33. The summed E-state index contributed by atoms with van der Waals surface area (Å²) in [6, 6.07) is 15.1. The third kappa shape index (κ3) is 2.53. The molecule has 0 radical (unpaired) electrons. The highest BCUT2D eigenvalue weighted by Crippen LogP contribution is 2.32. The van der Waals surface area contributed by atoms with Crippen molar-refractivity contribution in [1.29, 1.82) is 0 Å². The van der Waals surface area contributed by atoms with E-state index in [-0.39, 0.29) is 10.6 Å². The summed E-state index contributed by atoms with van der Waals surface area (Å²) in [6.07, 6.45) is 0. The molecule has 0 aliphatic carbocycles. The number of rotatable bonds is 2. The molecule has 0 N–H and O–H groups in total. The SMILES string of the molecule is Fc1ccc(C(Br)c2ccccc2)cc1Br. The largest absolute Gasteiger partial charge is 0.206 e. The van der Waals surface area contributed by atoms with E-state index in [2.05, 4.69) is 31.9 Å². The van der Waals surface area contributed by atoms with Gasteiger partial charge >= 0.3 is 0 Å². The summed E-state index contributed by atoms with van der Waals surface area (Å²) in [5.74, 6) is -0.239. The van der Waals surface area contributed by atoms with E-state index in [4.69, 9.17) is 0 Å². The van der Waals surface area contributed by atoms with Crippen LogP contribution in [0.3, 0.4) is 0 Å². The molecular weight excluding hydrogens is 335 g/mol. The van der Waals surface area contributed by atoms with Crippen LogP contribution in [0.1, 0.15) is 16.0 Å². The van der Waals surface area contributed by atoms with E-state index >= 15 is 0 Å². The Morgan fingerprint density at radius 3 is 2.25 bits per heavy atom. The van der Waals surface area contributed by atoms with Crippen molar-refractivity contribution in [3.05, 3.63) is 69.9 Å². The lowest BCUT2D eigenvalue weighted by Crippen LogP contribution is -1.93. The van der Waals surface area contributed by atoms with Gasteiger partial charge in [0.2, 0.25) is 0 Å². The molecule has 3 heteroatoms. The quantitative estimate of drug-likeness (QED) is 0.667. The zero-order valence-corrected chi connectivity index (χ0v) is 11.5. The lowest BCUT2D eigenvalue weighted by Gasteiger charge is -2.11. The first-order valence-electron chi connectivity index (χ1n) is 4.82. The molecule has 2 aromatic carbocycles. The fourth-order valence-electron chi connectivity index (χ4n) is 1.48. The van der Waals surface area contributed by atoms with Gasteiger partial charge in [-0.25, -0.2) is 4.39 Å². The van der Waals surface area contributed by atoms with E-state index < -0.39 is 0 Å². The van der Waals surface area contributed by atoms with E-state index in [9.17, 15) is 4.39 Å². The molecule has 0 heterocycles. The average molecular weight is 344 g/mol. The normalized spacial score (nSPS) is 12.4. The summed E-state index contributed by atoms with van der Waals surface area (Å²) >= 11 is 6.80. The average Bonchev–Trinajstić information content (AvgIpc) is 2.33. The van der Waals surface area contributed by atoms with Crippen molar-refractivity contribution < 1.29 is 4.39 Å². The summed E-state index contributed by atoms with van der Waals surface area (Å²) in [7, 11) is 0. The maximum Gasteiger partial charge on any atom is 0.137 e. The smallest absolute Gasteiger partial charge is 0.137 e. The van der Waals surface area contributed by atoms with Gasteiger partial charge in [0.15, 0.2) is 0 Å². The minimum atomic E-state index is -0.239. The van der Waals surface area contributed by atoms with Crippen molar-refractivity contribution in [2.75, 3.05) is 0 Å². The van der Waals surface area contributed by atoms with Crippen LogP contribution in [-0.4, -0.2) is 0 Å². The number of halogens is 3. The predicted molar refractivity (Wildman–Crippen MR) is 71.3 cm³/mol. The molecule has 82 valence electrons. The molecular formula is C13H9Br2F. The summed E-state index contributed by atoms with van der Waals surface area (Å²) < 4.78 is 13.6. The zero-order chi connectivity index (χ0) is 11.5. The molecule has 0 spiro atoms. The Bertz CT molecular complexity index is 483. The fraction of sp³-hybridized carbons (Fsp3) is 0.0769. The van der Waals surface area contributed by atoms with Crippen LogP contribution in [0.4, 0.5) is 4.39 Å². The topological polar surface area (TPSA) is 0 Å². The van der Waals surface area contributed by atoms with Crippen molar-refractivity contribution in [3.8, 4) is 0 Å². The Hall–Kier alpha value is -0.670. The second kappa shape index (κ2) is 5.11. The van der Waals surface area contributed by atoms with E-state index in [1.807, 2.05) is 30.3 Å². The summed E-state index contributed by atoms with van der Waals surface area (Å²) in [5, 5.41) is 0. The molecule has 0 saturated heterocycles. The van der Waals surface area contributed by atoms with E-state index in [1.165, 1.54) is 6.07 Å². The number of benzene rings is 2. The third-order valence-corrected chi connectivity index (χ3v) is 3.99. The molecule has 0 nitrogen and oxygen atoms in total. The highest BCUT2D eigenvalue weighted by atomic mass is 79.9. The molecule has 0 fully saturated rings. The van der Waals surface area contributed by atoms with Gasteiger partial charge in [0.1, 0.15) is 5.82 Å². The van der Waals surface area contributed by atoms with Crippen LogP contribution in [0.2, 0.25) is 0 Å². The van der Waals surface area contributed by atoms with Crippen LogP contribution >= 0.6 is 31.9 Å². The van der Waals surface area contributed by atoms with E-state index in [1.54, 1.807) is 12.1 Å². The molecule has 16 heavy (non-hydrogen) atoms. The minimum absolute atomic E-state index is 0.0885. The second-order valence-electron chi connectivity index (χ2n) is 3.45. The van der Waals surface area contributed by atoms with Crippen molar-refractivity contribution in [3.63, 3.8) is 0 Å². The first kappa shape index (κ1) is 11.8. The standard InChI is InChI=1S/C13H9Br2F/c14-11-8-10(6-7-12(11)16)13(15)9-4-2-1-3-5-9/h1-8,13H. The highest BCUT2D eigenvalue weighted by Gasteiger charge is 2.11. The molecule has 0 saturated carbocycles. The van der Waals surface area contributed by atoms with Gasteiger partial charge in [0.25, 0.3) is 0 Å². The Labute approximate surface area is 111 Å². The molecule has 0 amide bonds. The van der Waals surface area contributed by atoms with Crippen LogP contribution < -0.4 is 0 Å². The van der Waals surface area contributed by atoms with E-state index in [0.29, 0.717) is 4.47 Å². The first-order chi connectivity index (χ1) is 7.68. The van der Waals surface area contributed by atoms with Crippen LogP contribution in [0.25, 0.3) is 0 Å². The lowest BCUT2D eigenvalue weighted by atomic mass is 10.1. The maximum absolute atomic E-state index is 13.1. The van der Waals surface area contributed by atoms with Crippen molar-refractivity contribution in [2.45, 2.75) is 4.83 Å². The van der Waals surface area contributed by atoms with Gasteiger partial charge in [0.05, 0.1) is 9.30 Å². The predicted octanol–water partition coefficient (Wildman–Crippen LogP) is 5.07. The summed E-state index contributed by atoms with van der Waals surface area (Å²) in [6.45, 7) is 0. The van der Waals surface area contributed by atoms with Crippen molar-refractivity contribution in [2.24, 2.45) is 0 Å². The van der Waals surface area contributed by atoms with E-state index in [0.717, 1.165) is 11.1 Å². The highest BCUT2D eigenvalue weighted by molar-refractivity contribution is 9.10. The van der Waals surface area contributed by atoms with Gasteiger partial charge in [-0.05, 0) is 39.2 Å². The third-order valence-electron chi connectivity index (χ3n) is 2.33. The van der Waals surface area contributed by atoms with Crippen molar-refractivity contribution in [1.82, 2.24) is 0 Å². The number of alkyl halides is 1. The molecule has 2 aromatic rings. The maximum atomic E-state index is 13.1. The Kier molecular flexibility index (Phi) is 3.77. The Morgan fingerprint density at radius 1 is 0.938 bits per heavy atom. The molecule has 1 atom stereocenters. The van der Waals surface area contributed by atoms with Crippen molar-refractivity contribution >= 4 is 31.9 Å². The van der Waals surface area contributed by atoms with Crippen LogP contribution in [0.5, 0.6) is 0 Å². The Balaban J connectivity index is 2.34. The van der Waals surface area contributed by atoms with Gasteiger partial charge in [-0.1, -0.05) is 52.3 Å². The molecule has 0 aliphatic rings. The molecule has 0 aromatic heterocycles. The molecule has 0 aliphatic heterocycles. The Morgan fingerprint density at radius 2 is 1.62 bits per heavy atom. The number of hydrogen-bond acceptors (Lipinski definition) is 0. The number of hydrogen-bond donors (Lipinski definition) is 0. The van der Waals surface area contributed by atoms with Gasteiger partial charge < -0.3 is 0 Å². The second-order valence-corrected chi connectivity index (χ2v) is 5.22. The summed E-state index contributed by atoms with van der Waals surface area (Å²) in [5.41, 5.74) is 2.18. The monoisotopic (exact) mass is 342 g/mol. The van der Waals surface area contributed by atoms with Crippen LogP contribution in [0, 0.1) is 5.82 Å². The fourth-order valence-corrected chi connectivity index (χ4v) is 2.47. The summed E-state index contributed by atoms with van der Waals surface area (Å²) in [4.78, 5) is 0.0885. The van der Waals surface area contributed by atoms with Crippen LogP contribution in [-0.2, 0) is 0 Å².